The number of phenols is 1. The Balaban J connectivity index is 1.90. The zero-order valence-electron chi connectivity index (χ0n) is 20.5. The number of halogens is 1. The summed E-state index contributed by atoms with van der Waals surface area (Å²) in [5.41, 5.74) is 2.80. The fraction of sp³-hybridized carbons (Fsp3) is 0.179. The maximum atomic E-state index is 13.0. The van der Waals surface area contributed by atoms with Gasteiger partial charge in [0.15, 0.2) is 11.9 Å². The molecule has 3 rings (SSSR count). The minimum absolute atomic E-state index is 0.0779. The summed E-state index contributed by atoms with van der Waals surface area (Å²) in [5.74, 6) is -0.331. The molecule has 0 saturated carbocycles. The van der Waals surface area contributed by atoms with Crippen LogP contribution in [0.4, 0.5) is 10.5 Å². The number of benzene rings is 3. The van der Waals surface area contributed by atoms with Crippen molar-refractivity contribution >= 4 is 46.1 Å². The van der Waals surface area contributed by atoms with Crippen molar-refractivity contribution in [3.05, 3.63) is 99.6 Å². The van der Waals surface area contributed by atoms with Gasteiger partial charge in [-0.2, -0.15) is 0 Å². The Morgan fingerprint density at radius 1 is 1.03 bits per heavy atom. The van der Waals surface area contributed by atoms with E-state index in [4.69, 9.17) is 14.7 Å². The third-order valence-corrected chi connectivity index (χ3v) is 6.10. The van der Waals surface area contributed by atoms with Crippen LogP contribution in [-0.2, 0) is 9.53 Å². The van der Waals surface area contributed by atoms with Crippen LogP contribution in [0.3, 0.4) is 0 Å². The Kier molecular flexibility index (Phi) is 10.7. The van der Waals surface area contributed by atoms with Gasteiger partial charge in [0.05, 0.1) is 0 Å². The predicted molar refractivity (Wildman–Crippen MR) is 149 cm³/mol. The summed E-state index contributed by atoms with van der Waals surface area (Å²) in [6.45, 7) is 1.45. The first kappa shape index (κ1) is 28.7. The van der Waals surface area contributed by atoms with Crippen LogP contribution in [0.5, 0.6) is 11.5 Å². The van der Waals surface area contributed by atoms with Gasteiger partial charge in [-0.25, -0.2) is 10.3 Å². The second-order valence-corrected chi connectivity index (χ2v) is 9.46. The standard InChI is InChI=1S/C28H27IN2O7/c1-18(32)19-11-14-21(15-12-19)30-28(35)38-27(23-17-20(29)13-16-24(23)33)25(9-5-6-10-26(34)31-36)37-22-7-3-2-4-8-22/h2-4,6-8,10-17,25,27,33,36H,5,9H2,1H3,(H,30,35)(H,31,34)/b10-6+/t25-,27-/m1/s1. The summed E-state index contributed by atoms with van der Waals surface area (Å²) in [5, 5.41) is 22.0. The molecule has 38 heavy (non-hydrogen) atoms. The molecule has 0 bridgehead atoms. The van der Waals surface area contributed by atoms with Gasteiger partial charge in [0.2, 0.25) is 0 Å². The molecule has 198 valence electrons. The monoisotopic (exact) mass is 630 g/mol. The lowest BCUT2D eigenvalue weighted by Crippen LogP contribution is -2.31. The van der Waals surface area contributed by atoms with Gasteiger partial charge < -0.3 is 14.6 Å². The quantitative estimate of drug-likeness (QED) is 0.0694. The van der Waals surface area contributed by atoms with E-state index >= 15 is 0 Å². The van der Waals surface area contributed by atoms with Crippen molar-refractivity contribution in [2.24, 2.45) is 0 Å². The van der Waals surface area contributed by atoms with Crippen LogP contribution in [0.15, 0.2) is 84.9 Å². The highest BCUT2D eigenvalue weighted by Gasteiger charge is 2.31. The number of hydrogen-bond donors (Lipinski definition) is 4. The normalized spacial score (nSPS) is 12.4. The average molecular weight is 630 g/mol. The second-order valence-electron chi connectivity index (χ2n) is 8.21. The molecule has 0 aliphatic carbocycles. The lowest BCUT2D eigenvalue weighted by molar-refractivity contribution is -0.124. The molecule has 0 aromatic heterocycles. The lowest BCUT2D eigenvalue weighted by Gasteiger charge is -2.28. The van der Waals surface area contributed by atoms with Gasteiger partial charge in [-0.15, -0.1) is 0 Å². The van der Waals surface area contributed by atoms with Crippen molar-refractivity contribution in [3.8, 4) is 11.5 Å². The number of anilines is 1. The molecule has 2 atom stereocenters. The third-order valence-electron chi connectivity index (χ3n) is 5.43. The molecular weight excluding hydrogens is 603 g/mol. The maximum absolute atomic E-state index is 13.0. The number of carbonyl (C=O) groups excluding carboxylic acids is 3. The van der Waals surface area contributed by atoms with E-state index < -0.39 is 24.2 Å². The molecule has 3 aromatic carbocycles. The summed E-state index contributed by atoms with van der Waals surface area (Å²) in [7, 11) is 0. The van der Waals surface area contributed by atoms with Crippen molar-refractivity contribution in [1.29, 1.82) is 0 Å². The molecule has 2 amide bonds. The minimum atomic E-state index is -1.04. The highest BCUT2D eigenvalue weighted by molar-refractivity contribution is 14.1. The van der Waals surface area contributed by atoms with E-state index in [-0.39, 0.29) is 11.5 Å². The van der Waals surface area contributed by atoms with Crippen LogP contribution in [0.1, 0.15) is 41.8 Å². The molecule has 0 fully saturated rings. The van der Waals surface area contributed by atoms with Gasteiger partial charge in [-0.05, 0) is 97.0 Å². The lowest BCUT2D eigenvalue weighted by atomic mass is 9.99. The highest BCUT2D eigenvalue weighted by atomic mass is 127. The number of Topliss-reactive ketones (excluding diaryl/α,β-unsaturated/α-hetero) is 1. The Labute approximate surface area is 233 Å². The predicted octanol–water partition coefficient (Wildman–Crippen LogP) is 5.78. The Bertz CT molecular complexity index is 1280. The molecule has 9 nitrogen and oxygen atoms in total. The smallest absolute Gasteiger partial charge is 0.412 e. The molecule has 0 aliphatic heterocycles. The summed E-state index contributed by atoms with van der Waals surface area (Å²) in [6, 6.07) is 20.2. The Hall–Kier alpha value is -3.90. The number of nitrogens with one attached hydrogen (secondary N) is 2. The van der Waals surface area contributed by atoms with Gasteiger partial charge in [0.1, 0.15) is 17.6 Å². The van der Waals surface area contributed by atoms with E-state index in [0.717, 1.165) is 3.57 Å². The first-order valence-electron chi connectivity index (χ1n) is 11.7. The number of rotatable bonds is 11. The number of hydroxylamine groups is 1. The van der Waals surface area contributed by atoms with Crippen LogP contribution >= 0.6 is 22.6 Å². The zero-order chi connectivity index (χ0) is 27.5. The van der Waals surface area contributed by atoms with Crippen LogP contribution < -0.4 is 15.5 Å². The van der Waals surface area contributed by atoms with E-state index in [1.807, 2.05) is 6.07 Å². The van der Waals surface area contributed by atoms with Crippen molar-refractivity contribution in [2.45, 2.75) is 32.0 Å². The molecule has 0 heterocycles. The number of hydrogen-bond acceptors (Lipinski definition) is 7. The first-order valence-corrected chi connectivity index (χ1v) is 12.7. The Morgan fingerprint density at radius 3 is 2.39 bits per heavy atom. The fourth-order valence-electron chi connectivity index (χ4n) is 3.58. The van der Waals surface area contributed by atoms with Crippen LogP contribution in [0.25, 0.3) is 0 Å². The number of para-hydroxylation sites is 1. The number of ether oxygens (including phenoxy) is 2. The van der Waals surface area contributed by atoms with Crippen molar-refractivity contribution in [3.63, 3.8) is 0 Å². The molecule has 3 aromatic rings. The van der Waals surface area contributed by atoms with Gasteiger partial charge >= 0.3 is 6.09 Å². The third kappa shape index (κ3) is 8.60. The SMILES string of the molecule is CC(=O)c1ccc(NC(=O)O[C@H](c2cc(I)ccc2O)[C@@H](CC/C=C/C(=O)NO)Oc2ccccc2)cc1. The van der Waals surface area contributed by atoms with Crippen molar-refractivity contribution in [1.82, 2.24) is 5.48 Å². The Morgan fingerprint density at radius 2 is 1.74 bits per heavy atom. The van der Waals surface area contributed by atoms with Crippen molar-refractivity contribution < 1.29 is 34.2 Å². The number of carbonyl (C=O) groups is 3. The largest absolute Gasteiger partial charge is 0.508 e. The van der Waals surface area contributed by atoms with Crippen molar-refractivity contribution in [2.75, 3.05) is 5.32 Å². The summed E-state index contributed by atoms with van der Waals surface area (Å²) in [4.78, 5) is 35.9. The summed E-state index contributed by atoms with van der Waals surface area (Å²) >= 11 is 2.09. The van der Waals surface area contributed by atoms with Crippen LogP contribution in [-0.4, -0.2) is 34.2 Å². The number of amides is 2. The second kappa shape index (κ2) is 14.1. The number of phenolic OH excluding ortho intramolecular Hbond substituents is 1. The zero-order valence-corrected chi connectivity index (χ0v) is 22.6. The van der Waals surface area contributed by atoms with E-state index in [0.29, 0.717) is 35.4 Å². The van der Waals surface area contributed by atoms with Crippen LogP contribution in [0.2, 0.25) is 0 Å². The van der Waals surface area contributed by atoms with Crippen LogP contribution in [0, 0.1) is 3.57 Å². The van der Waals surface area contributed by atoms with Gasteiger partial charge in [-0.1, -0.05) is 24.3 Å². The first-order chi connectivity index (χ1) is 18.3. The molecule has 0 unspecified atom stereocenters. The molecule has 0 aliphatic rings. The van der Waals surface area contributed by atoms with Gasteiger partial charge in [-0.3, -0.25) is 20.1 Å². The van der Waals surface area contributed by atoms with Gasteiger partial charge in [0.25, 0.3) is 5.91 Å². The molecule has 0 spiro atoms. The summed E-state index contributed by atoms with van der Waals surface area (Å²) in [6.07, 6.45) is 0.755. The van der Waals surface area contributed by atoms with E-state index in [1.54, 1.807) is 66.7 Å². The number of allylic oxidation sites excluding steroid dienone is 1. The fourth-order valence-corrected chi connectivity index (χ4v) is 4.09. The highest BCUT2D eigenvalue weighted by Crippen LogP contribution is 2.35. The minimum Gasteiger partial charge on any atom is -0.508 e. The van der Waals surface area contributed by atoms with E-state index in [2.05, 4.69) is 27.9 Å². The maximum Gasteiger partial charge on any atom is 0.412 e. The molecule has 0 radical (unpaired) electrons. The number of ketones is 1. The molecular formula is C28H27IN2O7. The van der Waals surface area contributed by atoms with E-state index in [1.165, 1.54) is 24.5 Å². The van der Waals surface area contributed by atoms with Gasteiger partial charge in [0, 0.05) is 26.5 Å². The molecule has 4 N–H and O–H groups in total. The topological polar surface area (TPSA) is 134 Å². The van der Waals surface area contributed by atoms with E-state index in [9.17, 15) is 19.5 Å². The average Bonchev–Trinajstić information content (AvgIpc) is 2.91. The summed E-state index contributed by atoms with van der Waals surface area (Å²) < 4.78 is 12.9. The number of aromatic hydroxyl groups is 1. The molecule has 10 heteroatoms. The molecule has 0 saturated heterocycles.